The van der Waals surface area contributed by atoms with E-state index in [1.165, 1.54) is 0 Å². The second-order valence-electron chi connectivity index (χ2n) is 10.5. The average molecular weight is 620 g/mol. The van der Waals surface area contributed by atoms with Crippen molar-refractivity contribution in [2.24, 2.45) is 0 Å². The van der Waals surface area contributed by atoms with Gasteiger partial charge in [-0.3, -0.25) is 9.59 Å². The molecule has 0 bridgehead atoms. The number of ketones is 2. The summed E-state index contributed by atoms with van der Waals surface area (Å²) in [5.74, 6) is -0.964. The number of allylic oxidation sites excluding steroid dienone is 6. The predicted octanol–water partition coefficient (Wildman–Crippen LogP) is 8.56. The number of rotatable bonds is 12. The minimum atomic E-state index is -0.482. The fraction of sp³-hybridized carbons (Fsp3) is 0.105. The first-order valence-electron chi connectivity index (χ1n) is 14.4. The monoisotopic (exact) mass is 618 g/mol. The molecule has 4 aromatic rings. The quantitative estimate of drug-likeness (QED) is 0.149. The Morgan fingerprint density at radius 1 is 0.432 bits per heavy atom. The van der Waals surface area contributed by atoms with Gasteiger partial charge in [-0.05, 0) is 34.4 Å². The highest BCUT2D eigenvalue weighted by Crippen LogP contribution is 2.31. The summed E-state index contributed by atoms with van der Waals surface area (Å²) in [6.45, 7) is 2.43. The fourth-order valence-corrected chi connectivity index (χ4v) is 5.43. The molecular weight excluding hydrogens is 587 g/mol. The molecule has 5 rings (SSSR count). The molecule has 4 aromatic carbocycles. The molecule has 1 aliphatic rings. The van der Waals surface area contributed by atoms with E-state index in [2.05, 4.69) is 9.80 Å². The molecule has 44 heavy (non-hydrogen) atoms. The van der Waals surface area contributed by atoms with E-state index in [0.29, 0.717) is 26.2 Å². The second kappa shape index (κ2) is 15.2. The van der Waals surface area contributed by atoms with E-state index in [4.69, 9.17) is 23.2 Å². The lowest BCUT2D eigenvalue weighted by molar-refractivity contribution is -0.115. The molecule has 220 valence electrons. The van der Waals surface area contributed by atoms with E-state index >= 15 is 0 Å². The lowest BCUT2D eigenvalue weighted by atomic mass is 9.96. The summed E-state index contributed by atoms with van der Waals surface area (Å²) in [6.07, 6.45) is 6.79. The van der Waals surface area contributed by atoms with Crippen molar-refractivity contribution in [2.75, 3.05) is 0 Å². The number of carbonyl (C=O) groups excluding carboxylic acids is 2. The number of halogens is 2. The average Bonchev–Trinajstić information content (AvgIpc) is 3.05. The SMILES string of the molecule is O=C1C(Cl)=C(/C=C/N(Cc2ccccc2)Cc2ccccc2)C(=O)C(Cl)=C1/C=C/N(Cc1ccccc1)Cc1ccccc1. The molecule has 0 spiro atoms. The molecule has 0 saturated heterocycles. The van der Waals surface area contributed by atoms with Crippen LogP contribution in [-0.4, -0.2) is 21.4 Å². The van der Waals surface area contributed by atoms with Crippen LogP contribution in [0.15, 0.2) is 167 Å². The van der Waals surface area contributed by atoms with Crippen molar-refractivity contribution in [2.45, 2.75) is 26.2 Å². The maximum Gasteiger partial charge on any atom is 0.206 e. The minimum Gasteiger partial charge on any atom is -0.369 e. The van der Waals surface area contributed by atoms with Crippen LogP contribution < -0.4 is 0 Å². The molecule has 0 heterocycles. The molecule has 4 nitrogen and oxygen atoms in total. The molecule has 0 saturated carbocycles. The Morgan fingerprint density at radius 2 is 0.682 bits per heavy atom. The van der Waals surface area contributed by atoms with E-state index in [1.807, 2.05) is 121 Å². The second-order valence-corrected chi connectivity index (χ2v) is 11.3. The Hall–Kier alpha value is -4.64. The molecule has 0 amide bonds. The number of hydrogen-bond acceptors (Lipinski definition) is 4. The van der Waals surface area contributed by atoms with E-state index in [9.17, 15) is 9.59 Å². The van der Waals surface area contributed by atoms with Crippen LogP contribution in [0.2, 0.25) is 0 Å². The first kappa shape index (κ1) is 30.8. The molecule has 0 unspecified atom stereocenters. The maximum atomic E-state index is 13.4. The van der Waals surface area contributed by atoms with Gasteiger partial charge < -0.3 is 9.80 Å². The van der Waals surface area contributed by atoms with Crippen molar-refractivity contribution in [3.63, 3.8) is 0 Å². The van der Waals surface area contributed by atoms with Gasteiger partial charge in [0.05, 0.1) is 10.1 Å². The van der Waals surface area contributed by atoms with Gasteiger partial charge in [0, 0.05) is 49.7 Å². The Labute approximate surface area is 268 Å². The summed E-state index contributed by atoms with van der Waals surface area (Å²) in [5, 5.41) is -0.292. The number of carbonyl (C=O) groups is 2. The molecule has 1 aliphatic carbocycles. The van der Waals surface area contributed by atoms with E-state index in [0.717, 1.165) is 22.3 Å². The van der Waals surface area contributed by atoms with Gasteiger partial charge in [-0.25, -0.2) is 0 Å². The van der Waals surface area contributed by atoms with Crippen LogP contribution in [0.4, 0.5) is 0 Å². The number of hydrogen-bond donors (Lipinski definition) is 0. The summed E-state index contributed by atoms with van der Waals surface area (Å²) < 4.78 is 0. The van der Waals surface area contributed by atoms with Crippen molar-refractivity contribution >= 4 is 34.8 Å². The van der Waals surface area contributed by atoms with E-state index in [-0.39, 0.29) is 21.2 Å². The zero-order chi connectivity index (χ0) is 30.7. The maximum absolute atomic E-state index is 13.4. The zero-order valence-electron chi connectivity index (χ0n) is 24.2. The largest absolute Gasteiger partial charge is 0.369 e. The molecule has 0 atom stereocenters. The highest BCUT2D eigenvalue weighted by atomic mass is 35.5. The number of Topliss-reactive ketones (excluding diaryl/α,β-unsaturated/α-hetero) is 2. The third kappa shape index (κ3) is 8.25. The summed E-state index contributed by atoms with van der Waals surface area (Å²) in [4.78, 5) is 31.0. The van der Waals surface area contributed by atoms with Gasteiger partial charge >= 0.3 is 0 Å². The molecule has 6 heteroatoms. The summed E-state index contributed by atoms with van der Waals surface area (Å²) in [5.41, 5.74) is 4.60. The third-order valence-electron chi connectivity index (χ3n) is 7.18. The van der Waals surface area contributed by atoms with Crippen molar-refractivity contribution < 1.29 is 9.59 Å². The van der Waals surface area contributed by atoms with Crippen LogP contribution in [0.5, 0.6) is 0 Å². The standard InChI is InChI=1S/C38H32Cl2N2O2/c39-35-33(21-23-41(25-29-13-5-1-6-14-29)26-30-15-7-2-8-16-30)37(43)36(40)34(38(35)44)22-24-42(27-31-17-9-3-10-18-31)28-32-19-11-4-12-20-32/h1-24H,25-28H2/b23-21+,24-22+. The number of nitrogens with zero attached hydrogens (tertiary/aromatic N) is 2. The molecule has 0 aliphatic heterocycles. The van der Waals surface area contributed by atoms with Gasteiger partial charge in [0.1, 0.15) is 0 Å². The first-order valence-corrected chi connectivity index (χ1v) is 15.1. The van der Waals surface area contributed by atoms with Gasteiger partial charge in [0.15, 0.2) is 0 Å². The van der Waals surface area contributed by atoms with Crippen LogP contribution in [0, 0.1) is 0 Å². The van der Waals surface area contributed by atoms with E-state index in [1.54, 1.807) is 24.6 Å². The van der Waals surface area contributed by atoms with Crippen LogP contribution in [0.3, 0.4) is 0 Å². The van der Waals surface area contributed by atoms with Crippen molar-refractivity contribution in [3.8, 4) is 0 Å². The predicted molar refractivity (Wildman–Crippen MR) is 178 cm³/mol. The summed E-state index contributed by atoms with van der Waals surface area (Å²) in [6, 6.07) is 40.2. The highest BCUT2D eigenvalue weighted by molar-refractivity contribution is 6.56. The topological polar surface area (TPSA) is 40.6 Å². The Balaban J connectivity index is 1.37. The lowest BCUT2D eigenvalue weighted by Crippen LogP contribution is -2.21. The normalized spacial score (nSPS) is 13.8. The van der Waals surface area contributed by atoms with Crippen LogP contribution >= 0.6 is 23.2 Å². The summed E-state index contributed by atoms with van der Waals surface area (Å²) >= 11 is 13.1. The zero-order valence-corrected chi connectivity index (χ0v) is 25.7. The smallest absolute Gasteiger partial charge is 0.206 e. The third-order valence-corrected chi connectivity index (χ3v) is 7.93. The van der Waals surface area contributed by atoms with Gasteiger partial charge in [-0.2, -0.15) is 0 Å². The van der Waals surface area contributed by atoms with E-state index < -0.39 is 11.6 Å². The fourth-order valence-electron chi connectivity index (χ4n) is 4.93. The molecule has 0 fully saturated rings. The van der Waals surface area contributed by atoms with Crippen LogP contribution in [-0.2, 0) is 35.8 Å². The van der Waals surface area contributed by atoms with Gasteiger partial charge in [0.2, 0.25) is 11.6 Å². The molecule has 0 N–H and O–H groups in total. The first-order chi connectivity index (χ1) is 21.5. The lowest BCUT2D eigenvalue weighted by Gasteiger charge is -2.22. The summed E-state index contributed by atoms with van der Waals surface area (Å²) in [7, 11) is 0. The Kier molecular flexibility index (Phi) is 10.6. The Morgan fingerprint density at radius 3 is 0.932 bits per heavy atom. The van der Waals surface area contributed by atoms with Crippen molar-refractivity contribution in [1.29, 1.82) is 0 Å². The van der Waals surface area contributed by atoms with Gasteiger partial charge in [0.25, 0.3) is 0 Å². The molecular formula is C38H32Cl2N2O2. The highest BCUT2D eigenvalue weighted by Gasteiger charge is 2.31. The molecule has 0 radical (unpaired) electrons. The Bertz CT molecular complexity index is 1490. The van der Waals surface area contributed by atoms with Crippen molar-refractivity contribution in [1.82, 2.24) is 9.80 Å². The van der Waals surface area contributed by atoms with Crippen LogP contribution in [0.1, 0.15) is 22.3 Å². The number of benzene rings is 4. The van der Waals surface area contributed by atoms with Crippen molar-refractivity contribution in [3.05, 3.63) is 189 Å². The van der Waals surface area contributed by atoms with Gasteiger partial charge in [-0.15, -0.1) is 0 Å². The minimum absolute atomic E-state index is 0.0790. The van der Waals surface area contributed by atoms with Gasteiger partial charge in [-0.1, -0.05) is 145 Å². The molecule has 0 aromatic heterocycles. The van der Waals surface area contributed by atoms with Crippen LogP contribution in [0.25, 0.3) is 0 Å².